The van der Waals surface area contributed by atoms with Gasteiger partial charge in [0.25, 0.3) is 11.8 Å². The van der Waals surface area contributed by atoms with Crippen LogP contribution < -0.4 is 10.2 Å². The first-order valence-electron chi connectivity index (χ1n) is 9.55. The SMILES string of the molecule is Cc1ccc(C2=C(Nc3ccc(F)c(F)c3)C(=O)N(c3cc(F)ccc3F)C2=O)cc1C. The molecule has 0 saturated heterocycles. The van der Waals surface area contributed by atoms with Gasteiger partial charge in [0.15, 0.2) is 11.6 Å². The molecule has 4 nitrogen and oxygen atoms in total. The second kappa shape index (κ2) is 7.96. The van der Waals surface area contributed by atoms with Crippen molar-refractivity contribution in [2.45, 2.75) is 13.8 Å². The van der Waals surface area contributed by atoms with Crippen LogP contribution in [0.1, 0.15) is 16.7 Å². The van der Waals surface area contributed by atoms with E-state index in [9.17, 15) is 27.2 Å². The quantitative estimate of drug-likeness (QED) is 0.445. The summed E-state index contributed by atoms with van der Waals surface area (Å²) in [5.74, 6) is -5.90. The Morgan fingerprint density at radius 3 is 2.12 bits per heavy atom. The largest absolute Gasteiger partial charge is 0.350 e. The lowest BCUT2D eigenvalue weighted by atomic mass is 9.99. The molecule has 1 heterocycles. The maximum absolute atomic E-state index is 14.4. The van der Waals surface area contributed by atoms with Crippen LogP contribution in [-0.2, 0) is 9.59 Å². The molecule has 0 aromatic heterocycles. The maximum atomic E-state index is 14.4. The number of hydrogen-bond donors (Lipinski definition) is 1. The summed E-state index contributed by atoms with van der Waals surface area (Å²) in [6.07, 6.45) is 0. The molecule has 0 spiro atoms. The van der Waals surface area contributed by atoms with Gasteiger partial charge < -0.3 is 5.32 Å². The van der Waals surface area contributed by atoms with Crippen LogP contribution in [0.4, 0.5) is 28.9 Å². The van der Waals surface area contributed by atoms with Crippen LogP contribution in [0, 0.1) is 37.1 Å². The van der Waals surface area contributed by atoms with E-state index in [0.29, 0.717) is 10.5 Å². The fourth-order valence-electron chi connectivity index (χ4n) is 3.40. The summed E-state index contributed by atoms with van der Waals surface area (Å²) in [7, 11) is 0. The van der Waals surface area contributed by atoms with Crippen LogP contribution in [0.5, 0.6) is 0 Å². The molecule has 0 radical (unpaired) electrons. The first-order valence-corrected chi connectivity index (χ1v) is 9.55. The van der Waals surface area contributed by atoms with E-state index in [1.807, 2.05) is 13.8 Å². The van der Waals surface area contributed by atoms with Crippen molar-refractivity contribution in [3.05, 3.63) is 100 Å². The highest BCUT2D eigenvalue weighted by Gasteiger charge is 2.41. The molecule has 162 valence electrons. The number of amides is 2. The molecule has 0 atom stereocenters. The molecule has 32 heavy (non-hydrogen) atoms. The molecule has 1 aliphatic heterocycles. The van der Waals surface area contributed by atoms with Crippen LogP contribution in [0.3, 0.4) is 0 Å². The molecule has 8 heteroatoms. The predicted octanol–water partition coefficient (Wildman–Crippen LogP) is 5.26. The predicted molar refractivity (Wildman–Crippen MR) is 112 cm³/mol. The number of nitrogens with zero attached hydrogens (tertiary/aromatic N) is 1. The molecule has 0 unspecified atom stereocenters. The first kappa shape index (κ1) is 21.3. The number of imide groups is 1. The van der Waals surface area contributed by atoms with Gasteiger partial charge in [0.1, 0.15) is 17.3 Å². The van der Waals surface area contributed by atoms with Crippen molar-refractivity contribution >= 4 is 28.8 Å². The zero-order valence-electron chi connectivity index (χ0n) is 17.0. The van der Waals surface area contributed by atoms with Crippen LogP contribution in [-0.4, -0.2) is 11.8 Å². The summed E-state index contributed by atoms with van der Waals surface area (Å²) >= 11 is 0. The minimum atomic E-state index is -1.16. The van der Waals surface area contributed by atoms with E-state index in [0.717, 1.165) is 41.5 Å². The third kappa shape index (κ3) is 3.64. The van der Waals surface area contributed by atoms with E-state index in [4.69, 9.17) is 0 Å². The molecule has 0 aliphatic carbocycles. The number of hydrogen-bond acceptors (Lipinski definition) is 3. The molecular weight excluding hydrogens is 424 g/mol. The van der Waals surface area contributed by atoms with Crippen LogP contribution in [0.2, 0.25) is 0 Å². The molecule has 0 bridgehead atoms. The third-order valence-electron chi connectivity index (χ3n) is 5.22. The topological polar surface area (TPSA) is 49.4 Å². The fraction of sp³-hybridized carbons (Fsp3) is 0.0833. The minimum absolute atomic E-state index is 0.00273. The van der Waals surface area contributed by atoms with Gasteiger partial charge in [-0.25, -0.2) is 22.5 Å². The smallest absolute Gasteiger partial charge is 0.282 e. The van der Waals surface area contributed by atoms with Gasteiger partial charge in [-0.15, -0.1) is 0 Å². The lowest BCUT2D eigenvalue weighted by Crippen LogP contribution is -2.33. The molecule has 1 aliphatic rings. The van der Waals surface area contributed by atoms with E-state index in [1.165, 1.54) is 6.07 Å². The Morgan fingerprint density at radius 2 is 1.44 bits per heavy atom. The van der Waals surface area contributed by atoms with E-state index in [2.05, 4.69) is 5.32 Å². The highest BCUT2D eigenvalue weighted by atomic mass is 19.2. The molecular formula is C24H16F4N2O2. The van der Waals surface area contributed by atoms with Crippen LogP contribution in [0.25, 0.3) is 5.57 Å². The monoisotopic (exact) mass is 440 g/mol. The summed E-state index contributed by atoms with van der Waals surface area (Å²) < 4.78 is 55.2. The molecule has 1 N–H and O–H groups in total. The Hall–Kier alpha value is -3.94. The molecule has 0 saturated carbocycles. The summed E-state index contributed by atoms with van der Waals surface area (Å²) in [6.45, 7) is 3.68. The average molecular weight is 440 g/mol. The van der Waals surface area contributed by atoms with Gasteiger partial charge in [-0.1, -0.05) is 18.2 Å². The Morgan fingerprint density at radius 1 is 0.719 bits per heavy atom. The van der Waals surface area contributed by atoms with Crippen LogP contribution >= 0.6 is 0 Å². The molecule has 3 aromatic carbocycles. The standard InChI is InChI=1S/C24H16F4N2O2/c1-12-3-4-14(9-13(12)2)21-22(29-16-6-8-17(26)19(28)11-16)24(32)30(23(21)31)20-10-15(25)5-7-18(20)27/h3-11,29H,1-2H3. The van der Waals surface area contributed by atoms with Gasteiger partial charge in [-0.2, -0.15) is 0 Å². The van der Waals surface area contributed by atoms with Crippen LogP contribution in [0.15, 0.2) is 60.3 Å². The van der Waals surface area contributed by atoms with Gasteiger partial charge in [-0.3, -0.25) is 9.59 Å². The van der Waals surface area contributed by atoms with Crippen molar-refractivity contribution in [3.63, 3.8) is 0 Å². The number of benzene rings is 3. The maximum Gasteiger partial charge on any atom is 0.282 e. The van der Waals surface area contributed by atoms with E-state index < -0.39 is 40.8 Å². The molecule has 4 rings (SSSR count). The molecule has 0 fully saturated rings. The zero-order chi connectivity index (χ0) is 23.2. The van der Waals surface area contributed by atoms with Crippen molar-refractivity contribution in [2.75, 3.05) is 10.2 Å². The summed E-state index contributed by atoms with van der Waals surface area (Å²) in [6, 6.07) is 10.3. The van der Waals surface area contributed by atoms with Gasteiger partial charge in [0, 0.05) is 17.8 Å². The number of halogens is 4. The molecule has 2 amide bonds. The normalized spacial score (nSPS) is 13.9. The first-order chi connectivity index (χ1) is 15.2. The van der Waals surface area contributed by atoms with Crippen molar-refractivity contribution < 1.29 is 27.2 Å². The van der Waals surface area contributed by atoms with Crippen molar-refractivity contribution in [2.24, 2.45) is 0 Å². The average Bonchev–Trinajstić information content (AvgIpc) is 2.98. The van der Waals surface area contributed by atoms with Crippen molar-refractivity contribution in [3.8, 4) is 0 Å². The zero-order valence-corrected chi connectivity index (χ0v) is 17.0. The number of carbonyl (C=O) groups excluding carboxylic acids is 2. The number of nitrogens with one attached hydrogen (secondary N) is 1. The van der Waals surface area contributed by atoms with E-state index in [-0.39, 0.29) is 17.0 Å². The van der Waals surface area contributed by atoms with Gasteiger partial charge in [0.2, 0.25) is 0 Å². The van der Waals surface area contributed by atoms with Gasteiger partial charge in [0.05, 0.1) is 11.3 Å². The minimum Gasteiger partial charge on any atom is -0.350 e. The Balaban J connectivity index is 1.88. The van der Waals surface area contributed by atoms with E-state index in [1.54, 1.807) is 18.2 Å². The Kier molecular flexibility index (Phi) is 5.30. The number of aryl methyl sites for hydroxylation is 2. The number of rotatable bonds is 4. The molecule has 3 aromatic rings. The third-order valence-corrected chi connectivity index (χ3v) is 5.22. The van der Waals surface area contributed by atoms with Gasteiger partial charge >= 0.3 is 0 Å². The number of anilines is 2. The summed E-state index contributed by atoms with van der Waals surface area (Å²) in [4.78, 5) is 27.0. The highest BCUT2D eigenvalue weighted by molar-refractivity contribution is 6.46. The second-order valence-corrected chi connectivity index (χ2v) is 7.34. The van der Waals surface area contributed by atoms with Crippen molar-refractivity contribution in [1.29, 1.82) is 0 Å². The van der Waals surface area contributed by atoms with E-state index >= 15 is 0 Å². The van der Waals surface area contributed by atoms with Crippen molar-refractivity contribution in [1.82, 2.24) is 0 Å². The summed E-state index contributed by atoms with van der Waals surface area (Å²) in [5.41, 5.74) is 1.20. The second-order valence-electron chi connectivity index (χ2n) is 7.34. The summed E-state index contributed by atoms with van der Waals surface area (Å²) in [5, 5.41) is 2.65. The lowest BCUT2D eigenvalue weighted by Gasteiger charge is -2.16. The highest BCUT2D eigenvalue weighted by Crippen LogP contribution is 2.35. The van der Waals surface area contributed by atoms with Gasteiger partial charge in [-0.05, 0) is 54.8 Å². The fourth-order valence-corrected chi connectivity index (χ4v) is 3.40. The Bertz CT molecular complexity index is 1320. The Labute approximate surface area is 180 Å². The number of carbonyl (C=O) groups is 2. The lowest BCUT2D eigenvalue weighted by molar-refractivity contribution is -0.120.